The minimum atomic E-state index is -0.704. The van der Waals surface area contributed by atoms with Crippen LogP contribution < -0.4 is 20.1 Å². The minimum absolute atomic E-state index is 0.0718. The summed E-state index contributed by atoms with van der Waals surface area (Å²) in [6.45, 7) is 1.69. The van der Waals surface area contributed by atoms with Gasteiger partial charge in [0.25, 0.3) is 0 Å². The zero-order valence-electron chi connectivity index (χ0n) is 15.6. The zero-order chi connectivity index (χ0) is 19.6. The molecular weight excluding hydrogens is 416 g/mol. The van der Waals surface area contributed by atoms with Crippen molar-refractivity contribution in [2.24, 2.45) is 0 Å². The van der Waals surface area contributed by atoms with Crippen LogP contribution in [0.1, 0.15) is 44.2 Å². The summed E-state index contributed by atoms with van der Waals surface area (Å²) < 4.78 is 17.3. The summed E-state index contributed by atoms with van der Waals surface area (Å²) in [4.78, 5) is 25.0. The van der Waals surface area contributed by atoms with E-state index in [1.54, 1.807) is 26.2 Å². The lowest BCUT2D eigenvalue weighted by Gasteiger charge is -2.30. The van der Waals surface area contributed by atoms with Crippen molar-refractivity contribution in [1.82, 2.24) is 10.6 Å². The Morgan fingerprint density at radius 1 is 1.15 bits per heavy atom. The van der Waals surface area contributed by atoms with Gasteiger partial charge in [-0.05, 0) is 60.7 Å². The topological polar surface area (TPSA) is 85.9 Å². The first-order chi connectivity index (χ1) is 12.9. The summed E-state index contributed by atoms with van der Waals surface area (Å²) in [5.74, 6) is 0.662. The third kappa shape index (κ3) is 4.05. The second-order valence-corrected chi connectivity index (χ2v) is 7.46. The van der Waals surface area contributed by atoms with Gasteiger partial charge in [-0.15, -0.1) is 0 Å². The van der Waals surface area contributed by atoms with Gasteiger partial charge in [0.1, 0.15) is 17.6 Å². The van der Waals surface area contributed by atoms with Gasteiger partial charge in [0.05, 0.1) is 30.3 Å². The third-order valence-electron chi connectivity index (χ3n) is 4.88. The van der Waals surface area contributed by atoms with E-state index in [-0.39, 0.29) is 12.1 Å². The zero-order valence-corrected chi connectivity index (χ0v) is 17.1. The number of amides is 2. The van der Waals surface area contributed by atoms with E-state index in [0.29, 0.717) is 32.8 Å². The highest BCUT2D eigenvalue weighted by atomic mass is 79.9. The molecule has 1 aliphatic heterocycles. The number of carbonyl (C=O) groups excluding carboxylic acids is 2. The largest absolute Gasteiger partial charge is 0.496 e. The van der Waals surface area contributed by atoms with Gasteiger partial charge in [-0.2, -0.15) is 0 Å². The number of halogens is 1. The van der Waals surface area contributed by atoms with Gasteiger partial charge in [-0.1, -0.05) is 0 Å². The molecule has 2 N–H and O–H groups in total. The highest BCUT2D eigenvalue weighted by Crippen LogP contribution is 2.40. The normalized spacial score (nSPS) is 20.1. The Hall–Kier alpha value is -2.22. The molecule has 27 heavy (non-hydrogen) atoms. The molecule has 1 unspecified atom stereocenters. The first-order valence-corrected chi connectivity index (χ1v) is 9.64. The molecule has 1 aromatic rings. The Labute approximate surface area is 166 Å². The van der Waals surface area contributed by atoms with Gasteiger partial charge in [0.15, 0.2) is 0 Å². The highest BCUT2D eigenvalue weighted by molar-refractivity contribution is 9.10. The number of ether oxygens (including phenoxy) is 3. The van der Waals surface area contributed by atoms with Gasteiger partial charge in [-0.3, -0.25) is 0 Å². The third-order valence-corrected chi connectivity index (χ3v) is 5.50. The van der Waals surface area contributed by atoms with Crippen molar-refractivity contribution in [2.75, 3.05) is 14.2 Å². The summed E-state index contributed by atoms with van der Waals surface area (Å²) in [7, 11) is 3.08. The Morgan fingerprint density at radius 2 is 1.81 bits per heavy atom. The SMILES string of the molecule is COc1cc(C2NC(=O)NC(C)=C2C(=O)OC2CCCC2)c(OC)cc1Br. The number of allylic oxidation sites excluding steroid dienone is 1. The summed E-state index contributed by atoms with van der Waals surface area (Å²) in [6, 6.07) is 2.40. The molecule has 0 bridgehead atoms. The first kappa shape index (κ1) is 19.5. The summed E-state index contributed by atoms with van der Waals surface area (Å²) in [5, 5.41) is 5.46. The molecule has 1 saturated carbocycles. The van der Waals surface area contributed by atoms with Crippen LogP contribution in [0, 0.1) is 0 Å². The Bertz CT molecular complexity index is 787. The standard InChI is InChI=1S/C19H23BrN2O5/c1-10-16(18(23)27-11-6-4-5-7-11)17(22-19(24)21-10)12-8-15(26-3)13(20)9-14(12)25-2/h8-9,11,17H,4-7H2,1-3H3,(H2,21,22,24). The van der Waals surface area contributed by atoms with E-state index >= 15 is 0 Å². The monoisotopic (exact) mass is 438 g/mol. The number of nitrogens with one attached hydrogen (secondary N) is 2. The molecule has 2 amide bonds. The maximum atomic E-state index is 12.9. The molecule has 0 spiro atoms. The fraction of sp³-hybridized carbons (Fsp3) is 0.474. The molecule has 1 atom stereocenters. The van der Waals surface area contributed by atoms with Crippen LogP contribution in [0.25, 0.3) is 0 Å². The maximum Gasteiger partial charge on any atom is 0.338 e. The molecule has 1 fully saturated rings. The van der Waals surface area contributed by atoms with Crippen molar-refractivity contribution in [3.8, 4) is 11.5 Å². The quantitative estimate of drug-likeness (QED) is 0.686. The van der Waals surface area contributed by atoms with Crippen LogP contribution in [0.15, 0.2) is 27.9 Å². The van der Waals surface area contributed by atoms with E-state index in [0.717, 1.165) is 25.7 Å². The van der Waals surface area contributed by atoms with Crippen LogP contribution in [-0.2, 0) is 9.53 Å². The number of benzene rings is 1. The summed E-state index contributed by atoms with van der Waals surface area (Å²) in [5.41, 5.74) is 1.45. The molecule has 1 aromatic carbocycles. The molecule has 1 heterocycles. The van der Waals surface area contributed by atoms with Crippen molar-refractivity contribution in [1.29, 1.82) is 0 Å². The lowest BCUT2D eigenvalue weighted by Crippen LogP contribution is -2.45. The van der Waals surface area contributed by atoms with Crippen molar-refractivity contribution in [3.05, 3.63) is 33.4 Å². The number of hydrogen-bond acceptors (Lipinski definition) is 5. The molecule has 146 valence electrons. The van der Waals surface area contributed by atoms with Crippen LogP contribution >= 0.6 is 15.9 Å². The maximum absolute atomic E-state index is 12.9. The molecule has 0 saturated heterocycles. The van der Waals surface area contributed by atoms with E-state index in [1.165, 1.54) is 7.11 Å². The van der Waals surface area contributed by atoms with Gasteiger partial charge >= 0.3 is 12.0 Å². The van der Waals surface area contributed by atoms with E-state index in [2.05, 4.69) is 26.6 Å². The van der Waals surface area contributed by atoms with E-state index < -0.39 is 12.0 Å². The Kier molecular flexibility index (Phi) is 5.94. The first-order valence-electron chi connectivity index (χ1n) is 8.85. The molecule has 0 aromatic heterocycles. The molecule has 8 heteroatoms. The number of urea groups is 1. The molecule has 2 aliphatic rings. The van der Waals surface area contributed by atoms with Crippen molar-refractivity contribution >= 4 is 27.9 Å². The number of methoxy groups -OCH3 is 2. The van der Waals surface area contributed by atoms with Gasteiger partial charge in [-0.25, -0.2) is 9.59 Å². The lowest BCUT2D eigenvalue weighted by molar-refractivity contribution is -0.144. The molecule has 3 rings (SSSR count). The van der Waals surface area contributed by atoms with E-state index in [1.807, 2.05) is 0 Å². The fourth-order valence-corrected chi connectivity index (χ4v) is 4.01. The van der Waals surface area contributed by atoms with E-state index in [9.17, 15) is 9.59 Å². The second kappa shape index (κ2) is 8.21. The van der Waals surface area contributed by atoms with Gasteiger partial charge in [0.2, 0.25) is 0 Å². The van der Waals surface area contributed by atoms with Gasteiger partial charge < -0.3 is 24.8 Å². The smallest absolute Gasteiger partial charge is 0.338 e. The van der Waals surface area contributed by atoms with E-state index in [4.69, 9.17) is 14.2 Å². The molecule has 7 nitrogen and oxygen atoms in total. The van der Waals surface area contributed by atoms with Crippen LogP contribution in [0.2, 0.25) is 0 Å². The lowest BCUT2D eigenvalue weighted by atomic mass is 9.94. The molecule has 0 radical (unpaired) electrons. The number of hydrogen-bond donors (Lipinski definition) is 2. The Morgan fingerprint density at radius 3 is 2.44 bits per heavy atom. The predicted octanol–water partition coefficient (Wildman–Crippen LogP) is 3.58. The second-order valence-electron chi connectivity index (χ2n) is 6.61. The van der Waals surface area contributed by atoms with Crippen LogP contribution in [-0.4, -0.2) is 32.3 Å². The molecule has 1 aliphatic carbocycles. The fourth-order valence-electron chi connectivity index (χ4n) is 3.53. The average molecular weight is 439 g/mol. The van der Waals surface area contributed by atoms with Crippen molar-refractivity contribution in [3.63, 3.8) is 0 Å². The average Bonchev–Trinajstić information content (AvgIpc) is 3.13. The van der Waals surface area contributed by atoms with Crippen LogP contribution in [0.3, 0.4) is 0 Å². The minimum Gasteiger partial charge on any atom is -0.496 e. The summed E-state index contributed by atoms with van der Waals surface area (Å²) in [6.07, 6.45) is 3.80. The van der Waals surface area contributed by atoms with Gasteiger partial charge in [0, 0.05) is 11.3 Å². The number of carbonyl (C=O) groups is 2. The van der Waals surface area contributed by atoms with Crippen LogP contribution in [0.5, 0.6) is 11.5 Å². The predicted molar refractivity (Wildman–Crippen MR) is 103 cm³/mol. The van der Waals surface area contributed by atoms with Crippen molar-refractivity contribution < 1.29 is 23.8 Å². The summed E-state index contributed by atoms with van der Waals surface area (Å²) >= 11 is 3.42. The van der Waals surface area contributed by atoms with Crippen molar-refractivity contribution in [2.45, 2.75) is 44.8 Å². The van der Waals surface area contributed by atoms with Crippen LogP contribution in [0.4, 0.5) is 4.79 Å². The Balaban J connectivity index is 2.02. The number of esters is 1. The number of rotatable bonds is 5. The molecular formula is C19H23BrN2O5. The highest BCUT2D eigenvalue weighted by Gasteiger charge is 2.35.